The first-order chi connectivity index (χ1) is 22.2. The molecule has 3 aromatic carbocycles. The molecule has 1 aromatic heterocycles. The first-order valence-electron chi connectivity index (χ1n) is 13.4. The number of halogens is 6. The van der Waals surface area contributed by atoms with Gasteiger partial charge in [-0.3, -0.25) is 14.5 Å². The van der Waals surface area contributed by atoms with E-state index in [0.29, 0.717) is 29.6 Å². The van der Waals surface area contributed by atoms with E-state index in [1.54, 1.807) is 24.3 Å². The topological polar surface area (TPSA) is 120 Å². The molecule has 1 saturated heterocycles. The Bertz CT molecular complexity index is 1780. The summed E-state index contributed by atoms with van der Waals surface area (Å²) in [4.78, 5) is 39.6. The highest BCUT2D eigenvalue weighted by Gasteiger charge is 2.34. The number of aromatic nitrogens is 3. The van der Waals surface area contributed by atoms with Crippen LogP contribution in [0.3, 0.4) is 0 Å². The minimum atomic E-state index is -4.79. The zero-order valence-electron chi connectivity index (χ0n) is 24.0. The van der Waals surface area contributed by atoms with Gasteiger partial charge in [0, 0.05) is 17.5 Å². The van der Waals surface area contributed by atoms with Gasteiger partial charge in [0.15, 0.2) is 17.6 Å². The number of hydroxylamine groups is 1. The van der Waals surface area contributed by atoms with Gasteiger partial charge in [-0.05, 0) is 48.0 Å². The Morgan fingerprint density at radius 3 is 2.47 bits per heavy atom. The van der Waals surface area contributed by atoms with Gasteiger partial charge in [-0.25, -0.2) is 28.7 Å². The molecule has 1 N–H and O–H groups in total. The summed E-state index contributed by atoms with van der Waals surface area (Å²) in [6.45, 7) is -0.315. The van der Waals surface area contributed by atoms with Crippen LogP contribution in [-0.4, -0.2) is 56.5 Å². The first kappa shape index (κ1) is 33.6. The van der Waals surface area contributed by atoms with Crippen LogP contribution in [0.15, 0.2) is 78.0 Å². The van der Waals surface area contributed by atoms with Crippen LogP contribution < -0.4 is 19.9 Å². The number of amidine groups is 1. The van der Waals surface area contributed by atoms with Gasteiger partial charge in [-0.15, -0.1) is 18.3 Å². The second-order valence-electron chi connectivity index (χ2n) is 9.83. The number of urea groups is 1. The third kappa shape index (κ3) is 9.17. The van der Waals surface area contributed by atoms with E-state index in [1.165, 1.54) is 41.3 Å². The van der Waals surface area contributed by atoms with Crippen molar-refractivity contribution in [2.75, 3.05) is 17.3 Å². The number of benzene rings is 3. The minimum Gasteiger partial charge on any atom is -0.485 e. The summed E-state index contributed by atoms with van der Waals surface area (Å²) in [5.74, 6) is -3.72. The summed E-state index contributed by atoms with van der Waals surface area (Å²) >= 11 is 7.03. The Kier molecular flexibility index (Phi) is 9.97. The number of ether oxygens (including phenoxy) is 2. The van der Waals surface area contributed by atoms with Gasteiger partial charge in [0.05, 0.1) is 23.7 Å². The van der Waals surface area contributed by atoms with Crippen LogP contribution in [0.25, 0.3) is 17.1 Å². The number of carbonyl (C=O) groups excluding carboxylic acids is 2. The fourth-order valence-electron chi connectivity index (χ4n) is 4.03. The number of amides is 3. The Morgan fingerprint density at radius 2 is 1.79 bits per heavy atom. The van der Waals surface area contributed by atoms with E-state index in [2.05, 4.69) is 25.3 Å². The smallest absolute Gasteiger partial charge is 0.485 e. The quantitative estimate of drug-likeness (QED) is 0.142. The molecule has 0 atom stereocenters. The molecule has 3 amide bonds. The van der Waals surface area contributed by atoms with Crippen molar-refractivity contribution >= 4 is 46.2 Å². The normalized spacial score (nSPS) is 14.5. The van der Waals surface area contributed by atoms with Crippen molar-refractivity contribution in [3.8, 4) is 28.6 Å². The number of nitrogens with zero attached hydrogens (tertiary/aromatic N) is 5. The average Bonchev–Trinajstić information content (AvgIpc) is 3.63. The molecule has 47 heavy (non-hydrogen) atoms. The van der Waals surface area contributed by atoms with Crippen molar-refractivity contribution in [2.24, 2.45) is 4.99 Å². The van der Waals surface area contributed by atoms with E-state index in [1.807, 2.05) is 0 Å². The second kappa shape index (κ2) is 13.9. The Hall–Kier alpha value is -4.74. The number of rotatable bonds is 10. The van der Waals surface area contributed by atoms with Gasteiger partial charge >= 0.3 is 12.4 Å². The first-order valence-corrected chi connectivity index (χ1v) is 14.7. The number of hydrogen-bond donors (Lipinski definition) is 1. The summed E-state index contributed by atoms with van der Waals surface area (Å²) in [6.07, 6.45) is -3.39. The van der Waals surface area contributed by atoms with E-state index in [4.69, 9.17) is 21.2 Å². The fourth-order valence-corrected chi connectivity index (χ4v) is 5.06. The molecule has 246 valence electrons. The number of anilines is 1. The largest absolute Gasteiger partial charge is 0.573 e. The Morgan fingerprint density at radius 1 is 1.06 bits per heavy atom. The summed E-state index contributed by atoms with van der Waals surface area (Å²) in [6, 6.07) is 15.1. The van der Waals surface area contributed by atoms with Crippen LogP contribution in [0.2, 0.25) is 5.02 Å². The minimum absolute atomic E-state index is 0.0339. The number of aliphatic imine (C=N–C) groups is 1. The lowest BCUT2D eigenvalue weighted by atomic mass is 10.1. The number of nitrogens with one attached hydrogen (secondary N) is 1. The van der Waals surface area contributed by atoms with Crippen LogP contribution in [0.4, 0.5) is 32.4 Å². The molecule has 1 fully saturated rings. The molecule has 4 aromatic rings. The highest BCUT2D eigenvalue weighted by Crippen LogP contribution is 2.37. The molecule has 0 spiro atoms. The van der Waals surface area contributed by atoms with Crippen molar-refractivity contribution in [1.82, 2.24) is 20.2 Å². The zero-order chi connectivity index (χ0) is 33.8. The van der Waals surface area contributed by atoms with Crippen molar-refractivity contribution in [1.29, 1.82) is 0 Å². The van der Waals surface area contributed by atoms with Crippen LogP contribution in [0, 0.1) is 0 Å². The molecule has 0 unspecified atom stereocenters. The Balaban J connectivity index is 1.17. The van der Waals surface area contributed by atoms with E-state index < -0.39 is 30.8 Å². The van der Waals surface area contributed by atoms with Crippen LogP contribution in [0.5, 0.6) is 11.5 Å². The van der Waals surface area contributed by atoms with Crippen LogP contribution in [0.1, 0.15) is 12.5 Å². The molecule has 0 saturated carbocycles. The lowest BCUT2D eigenvalue weighted by molar-refractivity contribution is -0.274. The molecular formula is C29H22ClF5N6O5S. The summed E-state index contributed by atoms with van der Waals surface area (Å²) in [7, 11) is 0. The summed E-state index contributed by atoms with van der Waals surface area (Å²) in [5.41, 5.74) is 3.97. The molecule has 18 heteroatoms. The van der Waals surface area contributed by atoms with Crippen LogP contribution >= 0.6 is 23.4 Å². The van der Waals surface area contributed by atoms with Gasteiger partial charge in [-0.2, -0.15) is 4.99 Å². The number of thioether (sulfide) groups is 1. The van der Waals surface area contributed by atoms with Crippen LogP contribution in [-0.2, 0) is 16.2 Å². The van der Waals surface area contributed by atoms with E-state index in [0.717, 1.165) is 28.8 Å². The molecular weight excluding hydrogens is 675 g/mol. The van der Waals surface area contributed by atoms with Crippen molar-refractivity contribution in [3.63, 3.8) is 0 Å². The molecule has 5 rings (SSSR count). The van der Waals surface area contributed by atoms with E-state index in [9.17, 15) is 31.5 Å². The highest BCUT2D eigenvalue weighted by atomic mass is 35.5. The molecule has 11 nitrogen and oxygen atoms in total. The molecule has 1 aliphatic rings. The van der Waals surface area contributed by atoms with Gasteiger partial charge in [-0.1, -0.05) is 47.6 Å². The monoisotopic (exact) mass is 696 g/mol. The Labute approximate surface area is 272 Å². The third-order valence-electron chi connectivity index (χ3n) is 6.04. The predicted molar refractivity (Wildman–Crippen MR) is 162 cm³/mol. The number of hydrogen-bond acceptors (Lipinski definition) is 8. The number of carbonyl (C=O) groups is 2. The maximum atomic E-state index is 13.4. The predicted octanol–water partition coefficient (Wildman–Crippen LogP) is 6.80. The van der Waals surface area contributed by atoms with E-state index in [-0.39, 0.29) is 39.7 Å². The molecule has 0 aliphatic carbocycles. The third-order valence-corrected chi connectivity index (χ3v) is 7.20. The zero-order valence-corrected chi connectivity index (χ0v) is 25.6. The van der Waals surface area contributed by atoms with Crippen molar-refractivity contribution < 1.29 is 45.9 Å². The lowest BCUT2D eigenvalue weighted by Crippen LogP contribution is -2.32. The van der Waals surface area contributed by atoms with Gasteiger partial charge in [0.1, 0.15) is 17.8 Å². The summed E-state index contributed by atoms with van der Waals surface area (Å²) < 4.78 is 74.5. The van der Waals surface area contributed by atoms with Gasteiger partial charge in [0.25, 0.3) is 5.92 Å². The second-order valence-corrected chi connectivity index (χ2v) is 11.2. The fraction of sp³-hybridized carbons (Fsp3) is 0.207. The van der Waals surface area contributed by atoms with Gasteiger partial charge in [0.2, 0.25) is 5.91 Å². The number of alkyl halides is 5. The van der Waals surface area contributed by atoms with Gasteiger partial charge < -0.3 is 9.47 Å². The average molecular weight is 697 g/mol. The molecule has 2 heterocycles. The standard InChI is InChI=1S/C29H22ClF5N6O5S/c1-28(31,32)15-44-23-11-6-19(30)12-22(23)41-24(42)14-47-27(41)37-26(43)39-45-13-17-2-4-18(5-3-17)25-36-16-40(38-25)20-7-9-21(10-8-20)46-29(33,34)35/h2-12,16H,13-15H2,1H3,(H,39,43). The molecule has 0 bridgehead atoms. The lowest BCUT2D eigenvalue weighted by Gasteiger charge is -2.21. The van der Waals surface area contributed by atoms with Crippen molar-refractivity contribution in [2.45, 2.75) is 25.8 Å². The highest BCUT2D eigenvalue weighted by molar-refractivity contribution is 8.15. The maximum absolute atomic E-state index is 13.4. The molecule has 1 aliphatic heterocycles. The SMILES string of the molecule is CC(F)(F)COc1ccc(Cl)cc1N1C(=O)CSC1=NC(=O)NOCc1ccc(-c2ncn(-c3ccc(OC(F)(F)F)cc3)n2)cc1. The molecule has 0 radical (unpaired) electrons. The maximum Gasteiger partial charge on any atom is 0.573 e. The van der Waals surface area contributed by atoms with E-state index >= 15 is 0 Å². The van der Waals surface area contributed by atoms with Crippen molar-refractivity contribution in [3.05, 3.63) is 83.6 Å². The summed E-state index contributed by atoms with van der Waals surface area (Å²) in [5, 5.41) is 4.51.